The summed E-state index contributed by atoms with van der Waals surface area (Å²) in [6, 6.07) is 8.88. The molecule has 26 heavy (non-hydrogen) atoms. The molecule has 4 nitrogen and oxygen atoms in total. The Balaban J connectivity index is 1.93. The van der Waals surface area contributed by atoms with Gasteiger partial charge < -0.3 is 20.3 Å². The highest BCUT2D eigenvalue weighted by Gasteiger charge is 2.30. The van der Waals surface area contributed by atoms with Crippen molar-refractivity contribution in [2.75, 3.05) is 13.2 Å². The Kier molecular flexibility index (Phi) is 6.96. The van der Waals surface area contributed by atoms with Crippen LogP contribution in [0, 0.1) is 5.82 Å². The number of ether oxygens (including phenoxy) is 1. The number of alkyl halides is 3. The lowest BCUT2D eigenvalue weighted by Crippen LogP contribution is -2.29. The van der Waals surface area contributed by atoms with Crippen LogP contribution in [0.2, 0.25) is 0 Å². The van der Waals surface area contributed by atoms with Crippen molar-refractivity contribution in [2.45, 2.75) is 25.4 Å². The van der Waals surface area contributed by atoms with Crippen molar-refractivity contribution in [1.29, 1.82) is 0 Å². The average molecular weight is 373 g/mol. The molecule has 0 unspecified atom stereocenters. The summed E-state index contributed by atoms with van der Waals surface area (Å²) < 4.78 is 57.4. The largest absolute Gasteiger partial charge is 0.489 e. The lowest BCUT2D eigenvalue weighted by molar-refractivity contribution is -0.137. The van der Waals surface area contributed by atoms with Crippen LogP contribution >= 0.6 is 0 Å². The van der Waals surface area contributed by atoms with Crippen molar-refractivity contribution in [1.82, 2.24) is 5.32 Å². The maximum absolute atomic E-state index is 14.0. The summed E-state index contributed by atoms with van der Waals surface area (Å²) in [6.07, 6.45) is -5.35. The number of aliphatic hydroxyl groups excluding tert-OH is 2. The van der Waals surface area contributed by atoms with Crippen molar-refractivity contribution >= 4 is 0 Å². The van der Waals surface area contributed by atoms with Gasteiger partial charge in [0.1, 0.15) is 18.2 Å². The second-order valence-electron chi connectivity index (χ2n) is 5.71. The van der Waals surface area contributed by atoms with Crippen molar-refractivity contribution in [3.05, 3.63) is 65.0 Å². The third-order valence-corrected chi connectivity index (χ3v) is 3.59. The molecule has 2 aromatic rings. The van der Waals surface area contributed by atoms with Gasteiger partial charge in [-0.2, -0.15) is 13.2 Å². The summed E-state index contributed by atoms with van der Waals surface area (Å²) in [5.74, 6) is -0.350. The van der Waals surface area contributed by atoms with Gasteiger partial charge in [0.15, 0.2) is 0 Å². The van der Waals surface area contributed by atoms with E-state index in [-0.39, 0.29) is 25.4 Å². The van der Waals surface area contributed by atoms with E-state index in [4.69, 9.17) is 9.84 Å². The highest BCUT2D eigenvalue weighted by Crippen LogP contribution is 2.29. The van der Waals surface area contributed by atoms with E-state index in [1.54, 1.807) is 0 Å². The van der Waals surface area contributed by atoms with Crippen molar-refractivity contribution < 1.29 is 32.5 Å². The van der Waals surface area contributed by atoms with Gasteiger partial charge in [0.2, 0.25) is 0 Å². The van der Waals surface area contributed by atoms with Crippen LogP contribution in [0.4, 0.5) is 17.6 Å². The van der Waals surface area contributed by atoms with Crippen LogP contribution in [0.3, 0.4) is 0 Å². The highest BCUT2D eigenvalue weighted by molar-refractivity contribution is 5.30. The number of nitrogens with one attached hydrogen (secondary N) is 1. The first-order chi connectivity index (χ1) is 12.3. The zero-order chi connectivity index (χ0) is 19.2. The van der Waals surface area contributed by atoms with Gasteiger partial charge in [-0.15, -0.1) is 0 Å². The Morgan fingerprint density at radius 3 is 2.54 bits per heavy atom. The number of rotatable bonds is 8. The maximum atomic E-state index is 14.0. The first-order valence-electron chi connectivity index (χ1n) is 7.86. The molecular formula is C18H19F4NO3. The molecule has 0 radical (unpaired) electrons. The number of benzene rings is 2. The van der Waals surface area contributed by atoms with E-state index in [0.29, 0.717) is 11.1 Å². The first-order valence-corrected chi connectivity index (χ1v) is 7.86. The Bertz CT molecular complexity index is 722. The van der Waals surface area contributed by atoms with Gasteiger partial charge in [0.05, 0.1) is 18.3 Å². The molecule has 8 heteroatoms. The van der Waals surface area contributed by atoms with Gasteiger partial charge >= 0.3 is 6.18 Å². The van der Waals surface area contributed by atoms with Crippen molar-refractivity contribution in [3.63, 3.8) is 0 Å². The van der Waals surface area contributed by atoms with Crippen LogP contribution in [0.15, 0.2) is 42.5 Å². The van der Waals surface area contributed by atoms with Gasteiger partial charge in [-0.05, 0) is 23.8 Å². The van der Waals surface area contributed by atoms with Crippen LogP contribution in [0.5, 0.6) is 5.75 Å². The Morgan fingerprint density at radius 2 is 1.88 bits per heavy atom. The van der Waals surface area contributed by atoms with Gasteiger partial charge in [-0.1, -0.05) is 18.2 Å². The lowest BCUT2D eigenvalue weighted by Gasteiger charge is -2.12. The molecule has 142 valence electrons. The fraction of sp³-hybridized carbons (Fsp3) is 0.333. The monoisotopic (exact) mass is 373 g/mol. The van der Waals surface area contributed by atoms with Gasteiger partial charge in [0, 0.05) is 24.7 Å². The number of halogens is 4. The smallest absolute Gasteiger partial charge is 0.416 e. The van der Waals surface area contributed by atoms with Crippen LogP contribution in [0.1, 0.15) is 16.7 Å². The fourth-order valence-corrected chi connectivity index (χ4v) is 2.20. The molecule has 2 rings (SSSR count). The summed E-state index contributed by atoms with van der Waals surface area (Å²) in [7, 11) is 0. The average Bonchev–Trinajstić information content (AvgIpc) is 2.61. The SMILES string of the molecule is OC[C@@H](O)CNCc1ccc(OCc2cccc(C(F)(F)F)c2)cc1F. The second kappa shape index (κ2) is 8.98. The molecule has 1 atom stereocenters. The molecule has 2 aromatic carbocycles. The maximum Gasteiger partial charge on any atom is 0.416 e. The Morgan fingerprint density at radius 1 is 1.12 bits per heavy atom. The van der Waals surface area contributed by atoms with Crippen molar-refractivity contribution in [3.8, 4) is 5.75 Å². The molecule has 0 amide bonds. The standard InChI is InChI=1S/C18H19F4NO3/c19-17-7-16(5-4-13(17)8-23-9-15(25)10-24)26-11-12-2-1-3-14(6-12)18(20,21)22/h1-7,15,23-25H,8-11H2/t15-/m0/s1. The summed E-state index contributed by atoms with van der Waals surface area (Å²) in [5.41, 5.74) is -0.109. The third-order valence-electron chi connectivity index (χ3n) is 3.59. The van der Waals surface area contributed by atoms with Crippen molar-refractivity contribution in [2.24, 2.45) is 0 Å². The summed E-state index contributed by atoms with van der Waals surface area (Å²) >= 11 is 0. The zero-order valence-electron chi connectivity index (χ0n) is 13.8. The molecule has 0 saturated heterocycles. The molecule has 0 aliphatic carbocycles. The Hall–Kier alpha value is -2.16. The van der Waals surface area contributed by atoms with Gasteiger partial charge in [-0.3, -0.25) is 0 Å². The van der Waals surface area contributed by atoms with E-state index >= 15 is 0 Å². The molecule has 0 bridgehead atoms. The lowest BCUT2D eigenvalue weighted by atomic mass is 10.1. The molecule has 0 aromatic heterocycles. The molecule has 0 saturated carbocycles. The topological polar surface area (TPSA) is 61.7 Å². The van der Waals surface area contributed by atoms with E-state index in [2.05, 4.69) is 5.32 Å². The molecule has 0 fully saturated rings. The van der Waals surface area contributed by atoms with E-state index in [0.717, 1.165) is 18.2 Å². The van der Waals surface area contributed by atoms with Crippen LogP contribution in [-0.4, -0.2) is 29.5 Å². The Labute approximate surface area is 148 Å². The van der Waals surface area contributed by atoms with Crippen LogP contribution in [0.25, 0.3) is 0 Å². The highest BCUT2D eigenvalue weighted by atomic mass is 19.4. The van der Waals surface area contributed by atoms with Gasteiger partial charge in [-0.25, -0.2) is 4.39 Å². The summed E-state index contributed by atoms with van der Waals surface area (Å²) in [5, 5.41) is 20.7. The van der Waals surface area contributed by atoms with Gasteiger partial charge in [0.25, 0.3) is 0 Å². The van der Waals surface area contributed by atoms with Crippen LogP contribution < -0.4 is 10.1 Å². The molecule has 0 heterocycles. The van der Waals surface area contributed by atoms with E-state index in [9.17, 15) is 22.7 Å². The molecule has 0 aliphatic heterocycles. The summed E-state index contributed by atoms with van der Waals surface area (Å²) in [6.45, 7) is -0.248. The molecular weight excluding hydrogens is 354 g/mol. The molecule has 0 aliphatic rings. The normalized spacial score (nSPS) is 12.8. The number of hydrogen-bond acceptors (Lipinski definition) is 4. The minimum Gasteiger partial charge on any atom is -0.489 e. The number of hydrogen-bond donors (Lipinski definition) is 3. The van der Waals surface area contributed by atoms with Crippen LogP contribution in [-0.2, 0) is 19.3 Å². The third kappa shape index (κ3) is 5.98. The molecule has 0 spiro atoms. The number of aliphatic hydroxyl groups is 2. The predicted molar refractivity (Wildman–Crippen MR) is 87.0 cm³/mol. The van der Waals surface area contributed by atoms with E-state index in [1.807, 2.05) is 0 Å². The minimum absolute atomic E-state index is 0.115. The quantitative estimate of drug-likeness (QED) is 0.623. The molecule has 3 N–H and O–H groups in total. The zero-order valence-corrected chi connectivity index (χ0v) is 13.8. The minimum atomic E-state index is -4.43. The predicted octanol–water partition coefficient (Wildman–Crippen LogP) is 2.87. The second-order valence-corrected chi connectivity index (χ2v) is 5.71. The fourth-order valence-electron chi connectivity index (χ4n) is 2.20. The van der Waals surface area contributed by atoms with E-state index < -0.39 is 30.3 Å². The summed E-state index contributed by atoms with van der Waals surface area (Å²) in [4.78, 5) is 0. The first kappa shape index (κ1) is 20.2. The van der Waals surface area contributed by atoms with E-state index in [1.165, 1.54) is 24.3 Å².